The molecule has 1 heterocycles. The van der Waals surface area contributed by atoms with Gasteiger partial charge in [0.25, 0.3) is 0 Å². The number of anilines is 1. The van der Waals surface area contributed by atoms with Crippen molar-refractivity contribution in [2.24, 2.45) is 11.7 Å². The lowest BCUT2D eigenvalue weighted by Gasteiger charge is -2.35. The summed E-state index contributed by atoms with van der Waals surface area (Å²) in [6.07, 6.45) is -3.11. The van der Waals surface area contributed by atoms with Crippen molar-refractivity contribution in [3.63, 3.8) is 0 Å². The Morgan fingerprint density at radius 3 is 2.45 bits per heavy atom. The van der Waals surface area contributed by atoms with Crippen molar-refractivity contribution in [1.29, 1.82) is 0 Å². The minimum atomic E-state index is -4.08. The second kappa shape index (κ2) is 6.22. The second-order valence-corrected chi connectivity index (χ2v) is 5.55. The van der Waals surface area contributed by atoms with Gasteiger partial charge in [-0.3, -0.25) is 0 Å². The first-order valence-corrected chi connectivity index (χ1v) is 7.09. The highest BCUT2D eigenvalue weighted by Gasteiger charge is 2.41. The van der Waals surface area contributed by atoms with E-state index in [0.717, 1.165) is 11.3 Å². The van der Waals surface area contributed by atoms with Crippen LogP contribution in [0.25, 0.3) is 0 Å². The normalized spacial score (nSPS) is 17.6. The molecule has 1 aromatic carbocycles. The van der Waals surface area contributed by atoms with Crippen LogP contribution in [-0.2, 0) is 6.42 Å². The molecule has 20 heavy (non-hydrogen) atoms. The van der Waals surface area contributed by atoms with Crippen molar-refractivity contribution >= 4 is 17.3 Å². The van der Waals surface area contributed by atoms with E-state index in [1.54, 1.807) is 6.07 Å². The molecule has 0 saturated carbocycles. The zero-order valence-corrected chi connectivity index (χ0v) is 11.8. The van der Waals surface area contributed by atoms with Gasteiger partial charge in [0.15, 0.2) is 0 Å². The van der Waals surface area contributed by atoms with Crippen molar-refractivity contribution in [3.8, 4) is 0 Å². The number of halogens is 4. The first kappa shape index (κ1) is 15.4. The predicted octanol–water partition coefficient (Wildman–Crippen LogP) is 3.62. The number of alkyl halides is 3. The van der Waals surface area contributed by atoms with Gasteiger partial charge < -0.3 is 10.6 Å². The second-order valence-electron chi connectivity index (χ2n) is 5.11. The molecule has 0 spiro atoms. The van der Waals surface area contributed by atoms with E-state index in [2.05, 4.69) is 0 Å². The topological polar surface area (TPSA) is 29.3 Å². The number of nitrogens with two attached hydrogens (primary N) is 1. The summed E-state index contributed by atoms with van der Waals surface area (Å²) in [6, 6.07) is 5.49. The average molecular weight is 307 g/mol. The SMILES string of the molecule is NCCc1cc(Cl)ccc1N1CCC(C(F)(F)F)CC1. The number of rotatable bonds is 3. The van der Waals surface area contributed by atoms with E-state index in [-0.39, 0.29) is 12.8 Å². The van der Waals surface area contributed by atoms with Gasteiger partial charge in [0.05, 0.1) is 5.92 Å². The van der Waals surface area contributed by atoms with Crippen molar-refractivity contribution in [2.75, 3.05) is 24.5 Å². The molecule has 1 fully saturated rings. The zero-order valence-electron chi connectivity index (χ0n) is 11.1. The van der Waals surface area contributed by atoms with Crippen LogP contribution in [0.2, 0.25) is 5.02 Å². The maximum Gasteiger partial charge on any atom is 0.391 e. The Balaban J connectivity index is 2.10. The monoisotopic (exact) mass is 306 g/mol. The van der Waals surface area contributed by atoms with Crippen LogP contribution in [0.15, 0.2) is 18.2 Å². The van der Waals surface area contributed by atoms with Gasteiger partial charge in [-0.15, -0.1) is 0 Å². The molecule has 0 unspecified atom stereocenters. The molecule has 0 amide bonds. The third-order valence-corrected chi connectivity index (χ3v) is 3.99. The van der Waals surface area contributed by atoms with Gasteiger partial charge in [0, 0.05) is 23.8 Å². The highest BCUT2D eigenvalue weighted by Crippen LogP contribution is 2.36. The molecule has 1 aliphatic rings. The molecular formula is C14H18ClF3N2. The van der Waals surface area contributed by atoms with Crippen LogP contribution in [0.3, 0.4) is 0 Å². The Morgan fingerprint density at radius 1 is 1.25 bits per heavy atom. The van der Waals surface area contributed by atoms with Crippen LogP contribution >= 0.6 is 11.6 Å². The zero-order chi connectivity index (χ0) is 14.8. The van der Waals surface area contributed by atoms with Crippen LogP contribution in [0, 0.1) is 5.92 Å². The van der Waals surface area contributed by atoms with Crippen molar-refractivity contribution < 1.29 is 13.2 Å². The Labute approximate surface area is 121 Å². The molecule has 0 atom stereocenters. The maximum absolute atomic E-state index is 12.7. The van der Waals surface area contributed by atoms with E-state index in [1.165, 1.54) is 0 Å². The lowest BCUT2D eigenvalue weighted by atomic mass is 9.95. The Morgan fingerprint density at radius 2 is 1.90 bits per heavy atom. The van der Waals surface area contributed by atoms with Crippen molar-refractivity contribution in [3.05, 3.63) is 28.8 Å². The molecule has 0 aromatic heterocycles. The first-order valence-electron chi connectivity index (χ1n) is 6.72. The molecule has 112 valence electrons. The molecule has 0 radical (unpaired) electrons. The molecule has 2 N–H and O–H groups in total. The number of hydrogen-bond donors (Lipinski definition) is 1. The molecule has 2 rings (SSSR count). The fraction of sp³-hybridized carbons (Fsp3) is 0.571. The fourth-order valence-corrected chi connectivity index (χ4v) is 2.86. The van der Waals surface area contributed by atoms with E-state index in [0.29, 0.717) is 31.1 Å². The Bertz CT molecular complexity index is 454. The molecule has 0 bridgehead atoms. The van der Waals surface area contributed by atoms with Crippen LogP contribution in [-0.4, -0.2) is 25.8 Å². The van der Waals surface area contributed by atoms with Crippen molar-refractivity contribution in [2.45, 2.75) is 25.4 Å². The van der Waals surface area contributed by atoms with Crippen molar-refractivity contribution in [1.82, 2.24) is 0 Å². The minimum absolute atomic E-state index is 0.147. The van der Waals surface area contributed by atoms with Gasteiger partial charge in [-0.25, -0.2) is 0 Å². The highest BCUT2D eigenvalue weighted by atomic mass is 35.5. The number of benzene rings is 1. The highest BCUT2D eigenvalue weighted by molar-refractivity contribution is 6.30. The van der Waals surface area contributed by atoms with Crippen LogP contribution in [0.5, 0.6) is 0 Å². The fourth-order valence-electron chi connectivity index (χ4n) is 2.67. The van der Waals surface area contributed by atoms with Gasteiger partial charge >= 0.3 is 6.18 Å². The quantitative estimate of drug-likeness (QED) is 0.924. The third kappa shape index (κ3) is 3.58. The summed E-state index contributed by atoms with van der Waals surface area (Å²) in [4.78, 5) is 2.00. The van der Waals surface area contributed by atoms with Crippen LogP contribution < -0.4 is 10.6 Å². The number of hydrogen-bond acceptors (Lipinski definition) is 2. The lowest BCUT2D eigenvalue weighted by molar-refractivity contribution is -0.179. The molecule has 1 aliphatic heterocycles. The molecular weight excluding hydrogens is 289 g/mol. The molecule has 1 aromatic rings. The Hall–Kier alpha value is -0.940. The van der Waals surface area contributed by atoms with E-state index >= 15 is 0 Å². The van der Waals surface area contributed by atoms with E-state index in [4.69, 9.17) is 17.3 Å². The number of piperidine rings is 1. The van der Waals surface area contributed by atoms with Gasteiger partial charge in [-0.05, 0) is 49.6 Å². The minimum Gasteiger partial charge on any atom is -0.371 e. The summed E-state index contributed by atoms with van der Waals surface area (Å²) in [5, 5.41) is 0.627. The van der Waals surface area contributed by atoms with Gasteiger partial charge in [0.1, 0.15) is 0 Å². The predicted molar refractivity (Wildman–Crippen MR) is 75.2 cm³/mol. The number of nitrogens with zero attached hydrogens (tertiary/aromatic N) is 1. The molecule has 0 aliphatic carbocycles. The molecule has 1 saturated heterocycles. The van der Waals surface area contributed by atoms with Gasteiger partial charge in [-0.2, -0.15) is 13.2 Å². The van der Waals surface area contributed by atoms with Crippen LogP contribution in [0.4, 0.5) is 18.9 Å². The van der Waals surface area contributed by atoms with E-state index in [1.807, 2.05) is 17.0 Å². The molecule has 2 nitrogen and oxygen atoms in total. The average Bonchev–Trinajstić information content (AvgIpc) is 2.38. The van der Waals surface area contributed by atoms with Gasteiger partial charge in [-0.1, -0.05) is 11.6 Å². The van der Waals surface area contributed by atoms with Crippen LogP contribution in [0.1, 0.15) is 18.4 Å². The smallest absolute Gasteiger partial charge is 0.371 e. The van der Waals surface area contributed by atoms with Gasteiger partial charge in [0.2, 0.25) is 0 Å². The van der Waals surface area contributed by atoms with E-state index < -0.39 is 12.1 Å². The summed E-state index contributed by atoms with van der Waals surface area (Å²) in [5.74, 6) is -1.18. The maximum atomic E-state index is 12.7. The van der Waals surface area contributed by atoms with E-state index in [9.17, 15) is 13.2 Å². The molecule has 6 heteroatoms. The summed E-state index contributed by atoms with van der Waals surface area (Å²) >= 11 is 5.97. The largest absolute Gasteiger partial charge is 0.391 e. The Kier molecular flexibility index (Phi) is 4.81. The summed E-state index contributed by atoms with van der Waals surface area (Å²) < 4.78 is 38.0. The standard InChI is InChI=1S/C14H18ClF3N2/c15-12-1-2-13(10(9-12)3-6-19)20-7-4-11(5-8-20)14(16,17)18/h1-2,9,11H,3-8,19H2. The first-order chi connectivity index (χ1) is 9.41. The lowest BCUT2D eigenvalue weighted by Crippen LogP contribution is -2.39. The third-order valence-electron chi connectivity index (χ3n) is 3.75. The summed E-state index contributed by atoms with van der Waals surface area (Å²) in [5.41, 5.74) is 7.54. The summed E-state index contributed by atoms with van der Waals surface area (Å²) in [7, 11) is 0. The summed E-state index contributed by atoms with van der Waals surface area (Å²) in [6.45, 7) is 1.33.